The minimum atomic E-state index is -0.966. The largest absolute Gasteiger partial charge is 0.478 e. The Bertz CT molecular complexity index is 393. The normalized spacial score (nSPS) is 19.2. The van der Waals surface area contributed by atoms with E-state index in [1.807, 2.05) is 18.2 Å². The zero-order valence-electron chi connectivity index (χ0n) is 8.63. The Hall–Kier alpha value is -1.81. The molecule has 0 radical (unpaired) electrons. The average Bonchev–Trinajstić information content (AvgIpc) is 3.09. The lowest BCUT2D eigenvalue weighted by Crippen LogP contribution is -2.05. The number of epoxide rings is 1. The summed E-state index contributed by atoms with van der Waals surface area (Å²) in [5.41, 5.74) is 0.228. The maximum atomic E-state index is 10.9. The first-order valence-electron chi connectivity index (χ1n) is 5.01. The number of rotatable bonds is 5. The molecule has 0 spiro atoms. The van der Waals surface area contributed by atoms with Gasteiger partial charge in [-0.1, -0.05) is 18.2 Å². The van der Waals surface area contributed by atoms with Gasteiger partial charge in [0.15, 0.2) is 0 Å². The molecular formula is C12H12O4. The molecule has 1 aromatic rings. The number of hydrogen-bond acceptors (Lipinski definition) is 3. The van der Waals surface area contributed by atoms with Crippen molar-refractivity contribution in [3.63, 3.8) is 0 Å². The van der Waals surface area contributed by atoms with Gasteiger partial charge in [0.25, 0.3) is 0 Å². The summed E-state index contributed by atoms with van der Waals surface area (Å²) in [6.07, 6.45) is 1.71. The van der Waals surface area contributed by atoms with Crippen LogP contribution in [0.1, 0.15) is 6.42 Å². The number of benzene rings is 1. The van der Waals surface area contributed by atoms with E-state index in [9.17, 15) is 4.79 Å². The predicted molar refractivity (Wildman–Crippen MR) is 57.1 cm³/mol. The van der Waals surface area contributed by atoms with Gasteiger partial charge in [0.2, 0.25) is 0 Å². The van der Waals surface area contributed by atoms with Crippen molar-refractivity contribution in [1.29, 1.82) is 0 Å². The molecule has 0 saturated carbocycles. The van der Waals surface area contributed by atoms with E-state index in [2.05, 4.69) is 0 Å². The molecule has 0 aliphatic carbocycles. The molecule has 1 atom stereocenters. The van der Waals surface area contributed by atoms with Crippen LogP contribution in [0.2, 0.25) is 0 Å². The van der Waals surface area contributed by atoms with Crippen LogP contribution in [0.3, 0.4) is 0 Å². The number of carbonyl (C=O) groups is 1. The summed E-state index contributed by atoms with van der Waals surface area (Å²) in [7, 11) is 0. The van der Waals surface area contributed by atoms with Crippen LogP contribution in [-0.4, -0.2) is 23.8 Å². The average molecular weight is 220 g/mol. The molecule has 0 amide bonds. The molecule has 1 aliphatic rings. The van der Waals surface area contributed by atoms with Gasteiger partial charge in [0.05, 0.1) is 18.3 Å². The Morgan fingerprint density at radius 1 is 1.50 bits per heavy atom. The SMILES string of the molecule is O=C(O)C(=COc1ccccc1)CC1CO1. The third kappa shape index (κ3) is 3.10. The number of ether oxygens (including phenoxy) is 2. The van der Waals surface area contributed by atoms with Gasteiger partial charge in [-0.15, -0.1) is 0 Å². The second-order valence-electron chi connectivity index (χ2n) is 3.54. The van der Waals surface area contributed by atoms with Crippen LogP contribution in [0.25, 0.3) is 0 Å². The second kappa shape index (κ2) is 4.81. The van der Waals surface area contributed by atoms with Crippen LogP contribution >= 0.6 is 0 Å². The molecule has 0 bridgehead atoms. The van der Waals surface area contributed by atoms with Crippen molar-refractivity contribution >= 4 is 5.97 Å². The fourth-order valence-electron chi connectivity index (χ4n) is 1.26. The van der Waals surface area contributed by atoms with E-state index in [1.54, 1.807) is 12.1 Å². The van der Waals surface area contributed by atoms with Gasteiger partial charge in [-0.25, -0.2) is 4.79 Å². The van der Waals surface area contributed by atoms with Crippen molar-refractivity contribution in [2.75, 3.05) is 6.61 Å². The van der Waals surface area contributed by atoms with Gasteiger partial charge in [-0.3, -0.25) is 0 Å². The quantitative estimate of drug-likeness (QED) is 0.467. The third-order valence-electron chi connectivity index (χ3n) is 2.21. The zero-order chi connectivity index (χ0) is 11.4. The Kier molecular flexibility index (Phi) is 3.22. The lowest BCUT2D eigenvalue weighted by molar-refractivity contribution is -0.133. The predicted octanol–water partition coefficient (Wildman–Crippen LogP) is 1.82. The Morgan fingerprint density at radius 3 is 2.75 bits per heavy atom. The fourth-order valence-corrected chi connectivity index (χ4v) is 1.26. The first-order valence-corrected chi connectivity index (χ1v) is 5.01. The first-order chi connectivity index (χ1) is 7.75. The van der Waals surface area contributed by atoms with Gasteiger partial charge in [0, 0.05) is 6.42 Å². The summed E-state index contributed by atoms with van der Waals surface area (Å²) >= 11 is 0. The molecule has 16 heavy (non-hydrogen) atoms. The zero-order valence-corrected chi connectivity index (χ0v) is 8.63. The summed E-state index contributed by atoms with van der Waals surface area (Å²) in [5, 5.41) is 8.92. The Balaban J connectivity index is 1.99. The van der Waals surface area contributed by atoms with Crippen LogP contribution in [0, 0.1) is 0 Å². The van der Waals surface area contributed by atoms with Gasteiger partial charge >= 0.3 is 5.97 Å². The van der Waals surface area contributed by atoms with Crippen LogP contribution < -0.4 is 4.74 Å². The number of para-hydroxylation sites is 1. The highest BCUT2D eigenvalue weighted by Gasteiger charge is 2.26. The van der Waals surface area contributed by atoms with Gasteiger partial charge in [0.1, 0.15) is 12.0 Å². The molecule has 1 unspecified atom stereocenters. The molecule has 1 aliphatic heterocycles. The molecule has 0 aromatic heterocycles. The summed E-state index contributed by atoms with van der Waals surface area (Å²) in [6, 6.07) is 9.06. The summed E-state index contributed by atoms with van der Waals surface area (Å²) < 4.78 is 10.2. The molecular weight excluding hydrogens is 208 g/mol. The molecule has 2 rings (SSSR count). The number of carboxylic acids is 1. The second-order valence-corrected chi connectivity index (χ2v) is 3.54. The molecule has 1 heterocycles. The number of hydrogen-bond donors (Lipinski definition) is 1. The van der Waals surface area contributed by atoms with Crippen molar-refractivity contribution in [3.05, 3.63) is 42.2 Å². The summed E-state index contributed by atoms with van der Waals surface area (Å²) in [4.78, 5) is 10.9. The van der Waals surface area contributed by atoms with Crippen LogP contribution in [0.4, 0.5) is 0 Å². The number of carboxylic acid groups (broad SMARTS) is 1. The van der Waals surface area contributed by atoms with Crippen molar-refractivity contribution in [2.24, 2.45) is 0 Å². The molecule has 4 nitrogen and oxygen atoms in total. The highest BCUT2D eigenvalue weighted by atomic mass is 16.6. The van der Waals surface area contributed by atoms with Crippen LogP contribution in [-0.2, 0) is 9.53 Å². The molecule has 1 saturated heterocycles. The molecule has 1 N–H and O–H groups in total. The highest BCUT2D eigenvalue weighted by molar-refractivity contribution is 5.86. The van der Waals surface area contributed by atoms with Crippen LogP contribution in [0.15, 0.2) is 42.2 Å². The molecule has 84 valence electrons. The standard InChI is InChI=1S/C12H12O4/c13-12(14)9(6-11-8-16-11)7-15-10-4-2-1-3-5-10/h1-5,7,11H,6,8H2,(H,13,14). The van der Waals surface area contributed by atoms with Gasteiger partial charge in [-0.2, -0.15) is 0 Å². The van der Waals surface area contributed by atoms with E-state index in [1.165, 1.54) is 6.26 Å². The van der Waals surface area contributed by atoms with E-state index in [4.69, 9.17) is 14.6 Å². The van der Waals surface area contributed by atoms with E-state index >= 15 is 0 Å². The third-order valence-corrected chi connectivity index (χ3v) is 2.21. The minimum Gasteiger partial charge on any atom is -0.478 e. The summed E-state index contributed by atoms with van der Waals surface area (Å²) in [5.74, 6) is -0.343. The minimum absolute atomic E-state index is 0.0433. The topological polar surface area (TPSA) is 59.1 Å². The maximum Gasteiger partial charge on any atom is 0.334 e. The van der Waals surface area contributed by atoms with Gasteiger partial charge in [-0.05, 0) is 12.1 Å². The van der Waals surface area contributed by atoms with E-state index in [-0.39, 0.29) is 11.7 Å². The van der Waals surface area contributed by atoms with E-state index < -0.39 is 5.97 Å². The first kappa shape index (κ1) is 10.7. The maximum absolute atomic E-state index is 10.9. The molecule has 4 heteroatoms. The molecule has 1 fully saturated rings. The highest BCUT2D eigenvalue weighted by Crippen LogP contribution is 2.20. The monoisotopic (exact) mass is 220 g/mol. The number of aliphatic carboxylic acids is 1. The lowest BCUT2D eigenvalue weighted by atomic mass is 10.2. The fraction of sp³-hybridized carbons (Fsp3) is 0.250. The molecule has 1 aromatic carbocycles. The van der Waals surface area contributed by atoms with Gasteiger partial charge < -0.3 is 14.6 Å². The summed E-state index contributed by atoms with van der Waals surface area (Å²) in [6.45, 7) is 0.635. The van der Waals surface area contributed by atoms with Crippen molar-refractivity contribution in [1.82, 2.24) is 0 Å². The van der Waals surface area contributed by atoms with E-state index in [0.717, 1.165) is 0 Å². The van der Waals surface area contributed by atoms with E-state index in [0.29, 0.717) is 18.8 Å². The van der Waals surface area contributed by atoms with Crippen molar-refractivity contribution < 1.29 is 19.4 Å². The lowest BCUT2D eigenvalue weighted by Gasteiger charge is -2.02. The smallest absolute Gasteiger partial charge is 0.334 e. The van der Waals surface area contributed by atoms with Crippen molar-refractivity contribution in [2.45, 2.75) is 12.5 Å². The Labute approximate surface area is 93.1 Å². The van der Waals surface area contributed by atoms with Crippen LogP contribution in [0.5, 0.6) is 5.75 Å². The Morgan fingerprint density at radius 2 is 2.19 bits per heavy atom. The van der Waals surface area contributed by atoms with Crippen molar-refractivity contribution in [3.8, 4) is 5.75 Å².